The molecule has 3 heterocycles. The number of hydrogen-bond donors (Lipinski definition) is 1. The molecule has 2 aromatic rings. The van der Waals surface area contributed by atoms with Gasteiger partial charge in [0, 0.05) is 32.9 Å². The lowest BCUT2D eigenvalue weighted by molar-refractivity contribution is -0.127. The first kappa shape index (κ1) is 15.2. The zero-order valence-electron chi connectivity index (χ0n) is 13.4. The van der Waals surface area contributed by atoms with Crippen molar-refractivity contribution in [3.63, 3.8) is 0 Å². The molecule has 1 aliphatic heterocycles. The molecule has 1 aliphatic rings. The van der Waals surface area contributed by atoms with Crippen LogP contribution in [0.1, 0.15) is 34.2 Å². The molecule has 7 heteroatoms. The summed E-state index contributed by atoms with van der Waals surface area (Å²) in [6.07, 6.45) is 3.69. The van der Waals surface area contributed by atoms with E-state index in [1.54, 1.807) is 42.1 Å². The summed E-state index contributed by atoms with van der Waals surface area (Å²) in [5.41, 5.74) is 2.17. The van der Waals surface area contributed by atoms with Crippen molar-refractivity contribution < 1.29 is 9.59 Å². The van der Waals surface area contributed by atoms with Gasteiger partial charge in [0.05, 0.1) is 17.8 Å². The lowest BCUT2D eigenvalue weighted by Crippen LogP contribution is -2.39. The summed E-state index contributed by atoms with van der Waals surface area (Å²) in [7, 11) is 3.48. The van der Waals surface area contributed by atoms with Gasteiger partial charge in [-0.25, -0.2) is 0 Å². The van der Waals surface area contributed by atoms with Gasteiger partial charge in [-0.1, -0.05) is 6.07 Å². The van der Waals surface area contributed by atoms with Gasteiger partial charge in [-0.2, -0.15) is 5.10 Å². The number of pyridine rings is 1. The average molecular weight is 313 g/mol. The normalized spacial score (nSPS) is 20.8. The molecule has 23 heavy (non-hydrogen) atoms. The van der Waals surface area contributed by atoms with E-state index in [0.717, 1.165) is 11.3 Å². The molecule has 3 rings (SSSR count). The highest BCUT2D eigenvalue weighted by Gasteiger charge is 2.39. The van der Waals surface area contributed by atoms with Crippen LogP contribution in [0, 0.1) is 6.92 Å². The maximum absolute atomic E-state index is 12.5. The fourth-order valence-electron chi connectivity index (χ4n) is 3.07. The molecular formula is C16H19N5O2. The monoisotopic (exact) mass is 313 g/mol. The van der Waals surface area contributed by atoms with Crippen molar-refractivity contribution in [2.45, 2.75) is 25.4 Å². The molecule has 7 nitrogen and oxygen atoms in total. The quantitative estimate of drug-likeness (QED) is 0.910. The van der Waals surface area contributed by atoms with Crippen molar-refractivity contribution in [1.29, 1.82) is 0 Å². The Morgan fingerprint density at radius 1 is 1.39 bits per heavy atom. The fourth-order valence-corrected chi connectivity index (χ4v) is 3.07. The number of aryl methyl sites for hydroxylation is 2. The predicted octanol–water partition coefficient (Wildman–Crippen LogP) is 0.825. The molecule has 2 atom stereocenters. The van der Waals surface area contributed by atoms with Gasteiger partial charge in [0.2, 0.25) is 5.91 Å². The van der Waals surface area contributed by atoms with E-state index in [1.165, 1.54) is 0 Å². The highest BCUT2D eigenvalue weighted by atomic mass is 16.2. The Morgan fingerprint density at radius 2 is 2.17 bits per heavy atom. The number of rotatable bonds is 3. The summed E-state index contributed by atoms with van der Waals surface area (Å²) < 4.78 is 1.55. The lowest BCUT2D eigenvalue weighted by Gasteiger charge is -2.25. The molecule has 0 spiro atoms. The van der Waals surface area contributed by atoms with Gasteiger partial charge >= 0.3 is 0 Å². The molecule has 120 valence electrons. The van der Waals surface area contributed by atoms with Crippen LogP contribution in [0.3, 0.4) is 0 Å². The lowest BCUT2D eigenvalue weighted by atomic mass is 10.0. The van der Waals surface area contributed by atoms with Gasteiger partial charge in [0.1, 0.15) is 5.69 Å². The van der Waals surface area contributed by atoms with E-state index >= 15 is 0 Å². The molecule has 2 amide bonds. The minimum absolute atomic E-state index is 0.00494. The standard InChI is InChI=1S/C16H19N5O2/c1-10-7-13(21(3)19-10)16(23)18-12-8-14(22)20(2)15(12)11-5-4-6-17-9-11/h4-7,9,12,15H,8H2,1-3H3,(H,18,23)/t12-,15+/m1/s1. The van der Waals surface area contributed by atoms with Crippen LogP contribution in [0.25, 0.3) is 0 Å². The van der Waals surface area contributed by atoms with E-state index in [9.17, 15) is 9.59 Å². The summed E-state index contributed by atoms with van der Waals surface area (Å²) in [5, 5.41) is 7.15. The highest BCUT2D eigenvalue weighted by Crippen LogP contribution is 2.31. The summed E-state index contributed by atoms with van der Waals surface area (Å²) in [6.45, 7) is 1.84. The molecule has 1 N–H and O–H groups in total. The maximum atomic E-state index is 12.5. The number of carbonyl (C=O) groups excluding carboxylic acids is 2. The number of nitrogens with zero attached hydrogens (tertiary/aromatic N) is 4. The van der Waals surface area contributed by atoms with Gasteiger partial charge in [-0.05, 0) is 24.6 Å². The summed E-state index contributed by atoms with van der Waals surface area (Å²) in [4.78, 5) is 30.4. The smallest absolute Gasteiger partial charge is 0.269 e. The maximum Gasteiger partial charge on any atom is 0.269 e. The third-order valence-electron chi connectivity index (χ3n) is 4.16. The minimum Gasteiger partial charge on any atom is -0.345 e. The SMILES string of the molecule is Cc1cc(C(=O)N[C@@H]2CC(=O)N(C)[C@H]2c2cccnc2)n(C)n1. The predicted molar refractivity (Wildman–Crippen MR) is 83.6 cm³/mol. The van der Waals surface area contributed by atoms with Crippen LogP contribution < -0.4 is 5.32 Å². The third-order valence-corrected chi connectivity index (χ3v) is 4.16. The number of likely N-dealkylation sites (N-methyl/N-ethyl adjacent to an activating group) is 1. The Morgan fingerprint density at radius 3 is 2.78 bits per heavy atom. The number of hydrogen-bond acceptors (Lipinski definition) is 4. The second-order valence-corrected chi connectivity index (χ2v) is 5.81. The molecule has 0 saturated carbocycles. The molecule has 1 saturated heterocycles. The van der Waals surface area contributed by atoms with Crippen LogP contribution in [-0.4, -0.2) is 44.6 Å². The van der Waals surface area contributed by atoms with Crippen molar-refractivity contribution in [2.75, 3.05) is 7.05 Å². The molecule has 0 aliphatic carbocycles. The van der Waals surface area contributed by atoms with Crippen LogP contribution in [0.15, 0.2) is 30.6 Å². The molecule has 0 unspecified atom stereocenters. The van der Waals surface area contributed by atoms with Gasteiger partial charge in [0.25, 0.3) is 5.91 Å². The molecular weight excluding hydrogens is 294 g/mol. The van der Waals surface area contributed by atoms with E-state index in [4.69, 9.17) is 0 Å². The Labute approximate surface area is 134 Å². The molecule has 0 bridgehead atoms. The van der Waals surface area contributed by atoms with Crippen LogP contribution in [0.4, 0.5) is 0 Å². The largest absolute Gasteiger partial charge is 0.345 e. The zero-order valence-corrected chi connectivity index (χ0v) is 13.4. The van der Waals surface area contributed by atoms with Crippen LogP contribution in [-0.2, 0) is 11.8 Å². The number of nitrogens with one attached hydrogen (secondary N) is 1. The average Bonchev–Trinajstić information content (AvgIpc) is 2.99. The molecule has 0 radical (unpaired) electrons. The summed E-state index contributed by atoms with van der Waals surface area (Å²) >= 11 is 0. The third kappa shape index (κ3) is 2.81. The summed E-state index contributed by atoms with van der Waals surface area (Å²) in [6, 6.07) is 4.97. The Bertz CT molecular complexity index is 740. The second-order valence-electron chi connectivity index (χ2n) is 5.81. The number of amides is 2. The number of aromatic nitrogens is 3. The van der Waals surface area contributed by atoms with Crippen LogP contribution in [0.2, 0.25) is 0 Å². The zero-order chi connectivity index (χ0) is 16.6. The van der Waals surface area contributed by atoms with Crippen LogP contribution >= 0.6 is 0 Å². The van der Waals surface area contributed by atoms with E-state index in [2.05, 4.69) is 15.4 Å². The second kappa shape index (κ2) is 5.83. The first-order chi connectivity index (χ1) is 11.0. The Kier molecular flexibility index (Phi) is 3.85. The first-order valence-corrected chi connectivity index (χ1v) is 7.44. The minimum atomic E-state index is -0.292. The Balaban J connectivity index is 1.84. The van der Waals surface area contributed by atoms with Crippen molar-refractivity contribution in [3.05, 3.63) is 47.5 Å². The van der Waals surface area contributed by atoms with Crippen molar-refractivity contribution >= 4 is 11.8 Å². The van der Waals surface area contributed by atoms with E-state index in [-0.39, 0.29) is 30.3 Å². The van der Waals surface area contributed by atoms with Gasteiger partial charge in [0.15, 0.2) is 0 Å². The van der Waals surface area contributed by atoms with E-state index in [1.807, 2.05) is 19.1 Å². The fraction of sp³-hybridized carbons (Fsp3) is 0.375. The number of likely N-dealkylation sites (tertiary alicyclic amines) is 1. The van der Waals surface area contributed by atoms with E-state index < -0.39 is 0 Å². The molecule has 2 aromatic heterocycles. The van der Waals surface area contributed by atoms with Gasteiger partial charge in [-0.15, -0.1) is 0 Å². The first-order valence-electron chi connectivity index (χ1n) is 7.44. The molecule has 0 aromatic carbocycles. The van der Waals surface area contributed by atoms with Crippen molar-refractivity contribution in [3.8, 4) is 0 Å². The van der Waals surface area contributed by atoms with Crippen LogP contribution in [0.5, 0.6) is 0 Å². The van der Waals surface area contributed by atoms with Crippen molar-refractivity contribution in [1.82, 2.24) is 25.0 Å². The highest BCUT2D eigenvalue weighted by molar-refractivity contribution is 5.93. The summed E-state index contributed by atoms with van der Waals surface area (Å²) in [5.74, 6) is -0.222. The topological polar surface area (TPSA) is 80.1 Å². The van der Waals surface area contributed by atoms with E-state index in [0.29, 0.717) is 5.69 Å². The number of carbonyl (C=O) groups is 2. The van der Waals surface area contributed by atoms with Gasteiger partial charge < -0.3 is 10.2 Å². The molecule has 1 fully saturated rings. The Hall–Kier alpha value is -2.70. The van der Waals surface area contributed by atoms with Crippen molar-refractivity contribution in [2.24, 2.45) is 7.05 Å². The van der Waals surface area contributed by atoms with Gasteiger partial charge in [-0.3, -0.25) is 19.3 Å².